The Labute approximate surface area is 140 Å². The third-order valence-electron chi connectivity index (χ3n) is 4.94. The van der Waals surface area contributed by atoms with Crippen molar-refractivity contribution in [2.45, 2.75) is 52.0 Å². The predicted molar refractivity (Wildman–Crippen MR) is 93.5 cm³/mol. The molecular weight excluding hydrogens is 310 g/mol. The number of aryl methyl sites for hydroxylation is 1. The first-order valence-electron chi connectivity index (χ1n) is 8.09. The maximum atomic E-state index is 13.3. The molecular formula is C18H27NO3S. The van der Waals surface area contributed by atoms with Crippen LogP contribution in [-0.2, 0) is 10.0 Å². The van der Waals surface area contributed by atoms with E-state index in [0.29, 0.717) is 17.4 Å². The number of nitrogens with zero attached hydrogens (tertiary/aromatic N) is 1. The van der Waals surface area contributed by atoms with Gasteiger partial charge in [-0.2, -0.15) is 4.31 Å². The van der Waals surface area contributed by atoms with Crippen LogP contribution in [0.15, 0.2) is 23.1 Å². The molecule has 0 aromatic heterocycles. The second kappa shape index (κ2) is 6.65. The van der Waals surface area contributed by atoms with E-state index >= 15 is 0 Å². The van der Waals surface area contributed by atoms with Gasteiger partial charge in [0.05, 0.1) is 12.0 Å². The Balaban J connectivity index is 2.55. The summed E-state index contributed by atoms with van der Waals surface area (Å²) in [6.07, 6.45) is 4.92. The van der Waals surface area contributed by atoms with Crippen molar-refractivity contribution in [3.8, 4) is 5.75 Å². The normalized spacial score (nSPS) is 20.0. The molecule has 1 aromatic carbocycles. The van der Waals surface area contributed by atoms with Crippen LogP contribution in [0.1, 0.15) is 37.0 Å². The predicted octanol–water partition coefficient (Wildman–Crippen LogP) is 3.60. The first-order chi connectivity index (χ1) is 10.8. The molecule has 23 heavy (non-hydrogen) atoms. The van der Waals surface area contributed by atoms with E-state index in [1.54, 1.807) is 11.4 Å². The first kappa shape index (κ1) is 18.0. The summed E-state index contributed by atoms with van der Waals surface area (Å²) in [5.74, 6) is 1.03. The lowest BCUT2D eigenvalue weighted by Crippen LogP contribution is -2.40. The summed E-state index contributed by atoms with van der Waals surface area (Å²) in [6, 6.07) is 1.75. The Morgan fingerprint density at radius 2 is 1.96 bits per heavy atom. The monoisotopic (exact) mass is 337 g/mol. The topological polar surface area (TPSA) is 46.6 Å². The Morgan fingerprint density at radius 3 is 2.52 bits per heavy atom. The van der Waals surface area contributed by atoms with Gasteiger partial charge in [0.15, 0.2) is 0 Å². The molecule has 0 bridgehead atoms. The van der Waals surface area contributed by atoms with Crippen LogP contribution in [-0.4, -0.2) is 32.4 Å². The number of methoxy groups -OCH3 is 1. The van der Waals surface area contributed by atoms with Crippen LogP contribution in [0.2, 0.25) is 0 Å². The highest BCUT2D eigenvalue weighted by Gasteiger charge is 2.36. The zero-order valence-corrected chi connectivity index (χ0v) is 15.7. The molecule has 0 amide bonds. The average Bonchev–Trinajstić information content (AvgIpc) is 3.00. The SMILES string of the molecule is CC[C@H](C)[C@H]1C=CCN1S(=O)(=O)c1c(C)cc(OC)c(C)c1C. The summed E-state index contributed by atoms with van der Waals surface area (Å²) in [7, 11) is -1.93. The van der Waals surface area contributed by atoms with Crippen LogP contribution in [0.4, 0.5) is 0 Å². The van der Waals surface area contributed by atoms with Crippen LogP contribution >= 0.6 is 0 Å². The Kier molecular flexibility index (Phi) is 5.21. The van der Waals surface area contributed by atoms with Gasteiger partial charge in [-0.15, -0.1) is 0 Å². The molecule has 1 aliphatic rings. The van der Waals surface area contributed by atoms with Crippen LogP contribution in [0.3, 0.4) is 0 Å². The van der Waals surface area contributed by atoms with Crippen LogP contribution in [0.5, 0.6) is 5.75 Å². The van der Waals surface area contributed by atoms with Gasteiger partial charge < -0.3 is 4.74 Å². The minimum atomic E-state index is -3.54. The second-order valence-electron chi connectivity index (χ2n) is 6.35. The molecule has 2 atom stereocenters. The highest BCUT2D eigenvalue weighted by atomic mass is 32.2. The minimum absolute atomic E-state index is 0.0637. The van der Waals surface area contributed by atoms with Gasteiger partial charge in [0, 0.05) is 12.6 Å². The number of hydrogen-bond acceptors (Lipinski definition) is 3. The lowest BCUT2D eigenvalue weighted by Gasteiger charge is -2.29. The number of benzene rings is 1. The third-order valence-corrected chi connectivity index (χ3v) is 7.10. The van der Waals surface area contributed by atoms with Crippen molar-refractivity contribution >= 4 is 10.0 Å². The molecule has 0 spiro atoms. The smallest absolute Gasteiger partial charge is 0.244 e. The van der Waals surface area contributed by atoms with Gasteiger partial charge in [-0.1, -0.05) is 32.4 Å². The average molecular weight is 337 g/mol. The minimum Gasteiger partial charge on any atom is -0.496 e. The maximum Gasteiger partial charge on any atom is 0.244 e. The van der Waals surface area contributed by atoms with Crippen molar-refractivity contribution in [2.75, 3.05) is 13.7 Å². The van der Waals surface area contributed by atoms with E-state index in [0.717, 1.165) is 28.9 Å². The van der Waals surface area contributed by atoms with Gasteiger partial charge in [-0.3, -0.25) is 0 Å². The van der Waals surface area contributed by atoms with Crippen molar-refractivity contribution in [3.63, 3.8) is 0 Å². The van der Waals surface area contributed by atoms with Crippen molar-refractivity contribution in [1.82, 2.24) is 4.31 Å². The lowest BCUT2D eigenvalue weighted by atomic mass is 10.0. The van der Waals surface area contributed by atoms with Gasteiger partial charge in [-0.05, 0) is 49.4 Å². The van der Waals surface area contributed by atoms with E-state index in [9.17, 15) is 8.42 Å². The summed E-state index contributed by atoms with van der Waals surface area (Å²) in [5, 5.41) is 0. The number of rotatable bonds is 5. The fourth-order valence-corrected chi connectivity index (χ4v) is 5.36. The molecule has 0 N–H and O–H groups in total. The van der Waals surface area contributed by atoms with E-state index in [1.165, 1.54) is 0 Å². The standard InChI is InChI=1S/C18H27NO3S/c1-7-12(2)16-9-8-10-19(16)23(20,21)18-13(3)11-17(22-6)14(4)15(18)5/h8-9,11-12,16H,7,10H2,1-6H3/t12-,16+/m0/s1. The first-order valence-corrected chi connectivity index (χ1v) is 9.53. The molecule has 0 fully saturated rings. The van der Waals surface area contributed by atoms with Crippen molar-refractivity contribution in [2.24, 2.45) is 5.92 Å². The fraction of sp³-hybridized carbons (Fsp3) is 0.556. The van der Waals surface area contributed by atoms with E-state index in [-0.39, 0.29) is 6.04 Å². The molecule has 0 radical (unpaired) electrons. The molecule has 1 heterocycles. The molecule has 1 aliphatic heterocycles. The quantitative estimate of drug-likeness (QED) is 0.771. The van der Waals surface area contributed by atoms with Crippen LogP contribution in [0, 0.1) is 26.7 Å². The zero-order chi connectivity index (χ0) is 17.4. The number of ether oxygens (including phenoxy) is 1. The van der Waals surface area contributed by atoms with Gasteiger partial charge >= 0.3 is 0 Å². The maximum absolute atomic E-state index is 13.3. The molecule has 128 valence electrons. The molecule has 0 unspecified atom stereocenters. The number of sulfonamides is 1. The summed E-state index contributed by atoms with van der Waals surface area (Å²) in [6.45, 7) is 10.2. The van der Waals surface area contributed by atoms with Gasteiger partial charge in [-0.25, -0.2) is 8.42 Å². The van der Waals surface area contributed by atoms with Crippen LogP contribution < -0.4 is 4.74 Å². The second-order valence-corrected chi connectivity index (χ2v) is 8.18. The Hall–Kier alpha value is -1.33. The highest BCUT2D eigenvalue weighted by Crippen LogP contribution is 2.35. The van der Waals surface area contributed by atoms with Gasteiger partial charge in [0.25, 0.3) is 0 Å². The van der Waals surface area contributed by atoms with Gasteiger partial charge in [0.1, 0.15) is 5.75 Å². The van der Waals surface area contributed by atoms with Crippen molar-refractivity contribution in [1.29, 1.82) is 0 Å². The highest BCUT2D eigenvalue weighted by molar-refractivity contribution is 7.89. The Morgan fingerprint density at radius 1 is 1.30 bits per heavy atom. The van der Waals surface area contributed by atoms with Crippen LogP contribution in [0.25, 0.3) is 0 Å². The van der Waals surface area contributed by atoms with Crippen molar-refractivity contribution < 1.29 is 13.2 Å². The molecule has 0 saturated carbocycles. The zero-order valence-electron chi connectivity index (χ0n) is 14.9. The summed E-state index contributed by atoms with van der Waals surface area (Å²) in [5.41, 5.74) is 2.39. The van der Waals surface area contributed by atoms with E-state index < -0.39 is 10.0 Å². The summed E-state index contributed by atoms with van der Waals surface area (Å²) >= 11 is 0. The van der Waals surface area contributed by atoms with Gasteiger partial charge in [0.2, 0.25) is 10.0 Å². The largest absolute Gasteiger partial charge is 0.496 e. The van der Waals surface area contributed by atoms with Crippen molar-refractivity contribution in [3.05, 3.63) is 34.9 Å². The lowest BCUT2D eigenvalue weighted by molar-refractivity contribution is 0.321. The summed E-state index contributed by atoms with van der Waals surface area (Å²) < 4.78 is 33.6. The molecule has 5 heteroatoms. The molecule has 2 rings (SSSR count). The third kappa shape index (κ3) is 3.04. The molecule has 4 nitrogen and oxygen atoms in total. The van der Waals surface area contributed by atoms with E-state index in [4.69, 9.17) is 4.74 Å². The van der Waals surface area contributed by atoms with E-state index in [2.05, 4.69) is 13.8 Å². The molecule has 0 saturated heterocycles. The number of hydrogen-bond donors (Lipinski definition) is 0. The molecule has 0 aliphatic carbocycles. The Bertz CT molecular complexity index is 722. The fourth-order valence-electron chi connectivity index (χ4n) is 3.24. The molecule has 1 aromatic rings. The summed E-state index contributed by atoms with van der Waals surface area (Å²) in [4.78, 5) is 0.424. The van der Waals surface area contributed by atoms with E-state index in [1.807, 2.05) is 39.0 Å².